The zero-order chi connectivity index (χ0) is 15.2. The highest BCUT2D eigenvalue weighted by Crippen LogP contribution is 2.15. The van der Waals surface area contributed by atoms with Crippen LogP contribution in [0.2, 0.25) is 0 Å². The van der Waals surface area contributed by atoms with Crippen LogP contribution in [0.25, 0.3) is 0 Å². The number of nitrogens with one attached hydrogen (secondary N) is 2. The number of hydrogen-bond donors (Lipinski definition) is 2. The lowest BCUT2D eigenvalue weighted by Gasteiger charge is -2.14. The van der Waals surface area contributed by atoms with Crippen molar-refractivity contribution in [3.8, 4) is 0 Å². The summed E-state index contributed by atoms with van der Waals surface area (Å²) in [5.41, 5.74) is 1.31. The van der Waals surface area contributed by atoms with Crippen LogP contribution in [0, 0.1) is 12.7 Å². The number of carbonyl (C=O) groups is 1. The molecule has 1 aromatic heterocycles. The number of benzene rings is 1. The maximum absolute atomic E-state index is 13.0. The molecule has 0 aliphatic carbocycles. The molecule has 0 unspecified atom stereocenters. The molecule has 1 atom stereocenters. The van der Waals surface area contributed by atoms with Gasteiger partial charge in [0.05, 0.1) is 13.1 Å². The number of carbonyl (C=O) groups excluding carboxylic acids is 1. The van der Waals surface area contributed by atoms with Crippen LogP contribution >= 0.6 is 0 Å². The lowest BCUT2D eigenvalue weighted by molar-refractivity contribution is -0.115. The van der Waals surface area contributed by atoms with E-state index in [0.29, 0.717) is 17.8 Å². The fourth-order valence-corrected chi connectivity index (χ4v) is 1.90. The van der Waals surface area contributed by atoms with Crippen molar-refractivity contribution in [3.05, 3.63) is 42.2 Å². The molecule has 0 fully saturated rings. The SMILES string of the molecule is Cc1cc(F)ccc1NC(=O)CN[C@H](C)Cn1cncn1. The number of aryl methyl sites for hydroxylation is 1. The first-order valence-electron chi connectivity index (χ1n) is 6.66. The van der Waals surface area contributed by atoms with Crippen LogP contribution in [-0.4, -0.2) is 33.3 Å². The average Bonchev–Trinajstić information content (AvgIpc) is 2.92. The predicted octanol–water partition coefficient (Wildman–Crippen LogP) is 1.34. The summed E-state index contributed by atoms with van der Waals surface area (Å²) in [6, 6.07) is 4.34. The molecule has 2 rings (SSSR count). The van der Waals surface area contributed by atoms with Gasteiger partial charge in [-0.15, -0.1) is 0 Å². The Labute approximate surface area is 122 Å². The van der Waals surface area contributed by atoms with Crippen LogP contribution in [0.3, 0.4) is 0 Å². The molecular weight excluding hydrogens is 273 g/mol. The number of hydrogen-bond acceptors (Lipinski definition) is 4. The molecule has 112 valence electrons. The van der Waals surface area contributed by atoms with E-state index in [9.17, 15) is 9.18 Å². The number of anilines is 1. The smallest absolute Gasteiger partial charge is 0.238 e. The van der Waals surface area contributed by atoms with Gasteiger partial charge in [-0.1, -0.05) is 0 Å². The van der Waals surface area contributed by atoms with Crippen molar-refractivity contribution in [2.75, 3.05) is 11.9 Å². The molecule has 0 bridgehead atoms. The minimum Gasteiger partial charge on any atom is -0.325 e. The number of aromatic nitrogens is 3. The second-order valence-corrected chi connectivity index (χ2v) is 4.91. The molecule has 6 nitrogen and oxygen atoms in total. The van der Waals surface area contributed by atoms with Gasteiger partial charge in [0.15, 0.2) is 0 Å². The highest BCUT2D eigenvalue weighted by atomic mass is 19.1. The third-order valence-corrected chi connectivity index (χ3v) is 3.00. The van der Waals surface area contributed by atoms with Crippen molar-refractivity contribution >= 4 is 11.6 Å². The summed E-state index contributed by atoms with van der Waals surface area (Å²) in [6.07, 6.45) is 3.09. The Morgan fingerprint density at radius 3 is 2.95 bits per heavy atom. The molecule has 1 aromatic carbocycles. The lowest BCUT2D eigenvalue weighted by atomic mass is 10.2. The minimum atomic E-state index is -0.315. The Bertz CT molecular complexity index is 599. The Hall–Kier alpha value is -2.28. The van der Waals surface area contributed by atoms with Gasteiger partial charge in [-0.2, -0.15) is 5.10 Å². The molecule has 21 heavy (non-hydrogen) atoms. The minimum absolute atomic E-state index is 0.0757. The van der Waals surface area contributed by atoms with Crippen molar-refractivity contribution in [1.29, 1.82) is 0 Å². The Morgan fingerprint density at radius 2 is 2.29 bits per heavy atom. The Balaban J connectivity index is 1.79. The van der Waals surface area contributed by atoms with E-state index in [0.717, 1.165) is 0 Å². The van der Waals surface area contributed by atoms with Gasteiger partial charge < -0.3 is 10.6 Å². The standard InChI is InChI=1S/C14H18FN5O/c1-10-5-12(15)3-4-13(10)19-14(21)6-17-11(2)7-20-9-16-8-18-20/h3-5,8-9,11,17H,6-7H2,1-2H3,(H,19,21)/t11-/m1/s1. The molecule has 0 saturated heterocycles. The molecule has 1 heterocycles. The van der Waals surface area contributed by atoms with Crippen LogP contribution in [0.1, 0.15) is 12.5 Å². The number of nitrogens with zero attached hydrogens (tertiary/aromatic N) is 3. The molecular formula is C14H18FN5O. The van der Waals surface area contributed by atoms with Crippen LogP contribution < -0.4 is 10.6 Å². The van der Waals surface area contributed by atoms with Crippen LogP contribution in [0.4, 0.5) is 10.1 Å². The number of rotatable bonds is 6. The normalized spacial score (nSPS) is 12.1. The fourth-order valence-electron chi connectivity index (χ4n) is 1.90. The first-order chi connectivity index (χ1) is 10.0. The van der Waals surface area contributed by atoms with Gasteiger partial charge in [0.2, 0.25) is 5.91 Å². The molecule has 0 aliphatic rings. The van der Waals surface area contributed by atoms with E-state index >= 15 is 0 Å². The van der Waals surface area contributed by atoms with Gasteiger partial charge in [-0.3, -0.25) is 9.48 Å². The third kappa shape index (κ3) is 4.64. The van der Waals surface area contributed by atoms with E-state index in [1.807, 2.05) is 6.92 Å². The summed E-state index contributed by atoms with van der Waals surface area (Å²) < 4.78 is 14.7. The molecule has 0 radical (unpaired) electrons. The van der Waals surface area contributed by atoms with E-state index in [1.54, 1.807) is 24.0 Å². The summed E-state index contributed by atoms with van der Waals surface area (Å²) in [7, 11) is 0. The highest BCUT2D eigenvalue weighted by Gasteiger charge is 2.08. The molecule has 0 saturated carbocycles. The van der Waals surface area contributed by atoms with E-state index < -0.39 is 0 Å². The van der Waals surface area contributed by atoms with Crippen molar-refractivity contribution in [2.45, 2.75) is 26.4 Å². The number of halogens is 1. The van der Waals surface area contributed by atoms with Crippen molar-refractivity contribution in [3.63, 3.8) is 0 Å². The van der Waals surface area contributed by atoms with Gasteiger partial charge in [0.1, 0.15) is 18.5 Å². The van der Waals surface area contributed by atoms with E-state index in [-0.39, 0.29) is 24.3 Å². The molecule has 0 spiro atoms. The monoisotopic (exact) mass is 291 g/mol. The van der Waals surface area contributed by atoms with Gasteiger partial charge in [0.25, 0.3) is 0 Å². The molecule has 2 N–H and O–H groups in total. The van der Waals surface area contributed by atoms with Gasteiger partial charge in [-0.05, 0) is 37.6 Å². The van der Waals surface area contributed by atoms with Gasteiger partial charge in [-0.25, -0.2) is 9.37 Å². The largest absolute Gasteiger partial charge is 0.325 e. The van der Waals surface area contributed by atoms with Crippen LogP contribution in [-0.2, 0) is 11.3 Å². The van der Waals surface area contributed by atoms with Gasteiger partial charge in [0, 0.05) is 11.7 Å². The summed E-state index contributed by atoms with van der Waals surface area (Å²) in [5, 5.41) is 9.85. The zero-order valence-electron chi connectivity index (χ0n) is 12.0. The number of amides is 1. The first kappa shape index (κ1) is 15.1. The molecule has 2 aromatic rings. The first-order valence-corrected chi connectivity index (χ1v) is 6.66. The summed E-state index contributed by atoms with van der Waals surface area (Å²) in [5.74, 6) is -0.486. The quantitative estimate of drug-likeness (QED) is 0.842. The van der Waals surface area contributed by atoms with Gasteiger partial charge >= 0.3 is 0 Å². The molecule has 7 heteroatoms. The summed E-state index contributed by atoms with van der Waals surface area (Å²) >= 11 is 0. The topological polar surface area (TPSA) is 71.8 Å². The maximum Gasteiger partial charge on any atom is 0.238 e. The second kappa shape index (κ2) is 6.94. The molecule has 1 amide bonds. The molecule has 0 aliphatic heterocycles. The highest BCUT2D eigenvalue weighted by molar-refractivity contribution is 5.92. The van der Waals surface area contributed by atoms with E-state index in [4.69, 9.17) is 0 Å². The van der Waals surface area contributed by atoms with Crippen LogP contribution in [0.5, 0.6) is 0 Å². The van der Waals surface area contributed by atoms with E-state index in [1.165, 1.54) is 18.5 Å². The fraction of sp³-hybridized carbons (Fsp3) is 0.357. The lowest BCUT2D eigenvalue weighted by Crippen LogP contribution is -2.37. The zero-order valence-corrected chi connectivity index (χ0v) is 12.0. The van der Waals surface area contributed by atoms with Crippen LogP contribution in [0.15, 0.2) is 30.9 Å². The average molecular weight is 291 g/mol. The Morgan fingerprint density at radius 1 is 1.48 bits per heavy atom. The van der Waals surface area contributed by atoms with Crippen molar-refractivity contribution in [2.24, 2.45) is 0 Å². The third-order valence-electron chi connectivity index (χ3n) is 3.00. The van der Waals surface area contributed by atoms with E-state index in [2.05, 4.69) is 20.7 Å². The Kier molecular flexibility index (Phi) is 4.99. The van der Waals surface area contributed by atoms with Crippen molar-refractivity contribution < 1.29 is 9.18 Å². The van der Waals surface area contributed by atoms with Crippen molar-refractivity contribution in [1.82, 2.24) is 20.1 Å². The second-order valence-electron chi connectivity index (χ2n) is 4.91. The summed E-state index contributed by atoms with van der Waals surface area (Å²) in [6.45, 7) is 4.51. The predicted molar refractivity (Wildman–Crippen MR) is 77.3 cm³/mol. The maximum atomic E-state index is 13.0. The summed E-state index contributed by atoms with van der Waals surface area (Å²) in [4.78, 5) is 15.7.